The smallest absolute Gasteiger partial charge is 0.261 e. The number of nitrogens with two attached hydrogens (primary N) is 1. The average Bonchev–Trinajstić information content (AvgIpc) is 3.04. The van der Waals surface area contributed by atoms with Crippen molar-refractivity contribution in [3.63, 3.8) is 0 Å². The van der Waals surface area contributed by atoms with Crippen LogP contribution >= 0.6 is 11.6 Å². The number of likely N-dealkylation sites (N-methyl/N-ethyl adjacent to an activating group) is 1. The lowest BCUT2D eigenvalue weighted by Crippen LogP contribution is -2.47. The lowest BCUT2D eigenvalue weighted by molar-refractivity contribution is -0.134. The predicted octanol–water partition coefficient (Wildman–Crippen LogP) is 5.69. The molecule has 0 aliphatic rings. The molecular formula is C36H36ClN5O3. The third-order valence-corrected chi connectivity index (χ3v) is 7.95. The fourth-order valence-corrected chi connectivity index (χ4v) is 5.50. The van der Waals surface area contributed by atoms with Gasteiger partial charge in [0.15, 0.2) is 6.04 Å². The third-order valence-electron chi connectivity index (χ3n) is 7.72. The summed E-state index contributed by atoms with van der Waals surface area (Å²) in [5, 5.41) is 0.761. The van der Waals surface area contributed by atoms with E-state index in [1.165, 1.54) is 14.4 Å². The van der Waals surface area contributed by atoms with Gasteiger partial charge < -0.3 is 15.5 Å². The lowest BCUT2D eigenvalue weighted by Gasteiger charge is -2.33. The average molecular weight is 622 g/mol. The van der Waals surface area contributed by atoms with Gasteiger partial charge in [0.25, 0.3) is 17.4 Å². The van der Waals surface area contributed by atoms with Crippen LogP contribution in [0.25, 0.3) is 22.0 Å². The van der Waals surface area contributed by atoms with Crippen LogP contribution < -0.4 is 11.3 Å². The molecule has 1 unspecified atom stereocenters. The molecule has 45 heavy (non-hydrogen) atoms. The van der Waals surface area contributed by atoms with Gasteiger partial charge >= 0.3 is 0 Å². The Morgan fingerprint density at radius 2 is 1.62 bits per heavy atom. The predicted molar refractivity (Wildman–Crippen MR) is 179 cm³/mol. The van der Waals surface area contributed by atoms with Crippen molar-refractivity contribution in [1.82, 2.24) is 19.4 Å². The second-order valence-corrected chi connectivity index (χ2v) is 11.7. The number of amides is 2. The van der Waals surface area contributed by atoms with Crippen LogP contribution in [-0.2, 0) is 11.3 Å². The van der Waals surface area contributed by atoms with E-state index in [-0.39, 0.29) is 30.4 Å². The van der Waals surface area contributed by atoms with E-state index in [9.17, 15) is 14.4 Å². The summed E-state index contributed by atoms with van der Waals surface area (Å²) < 4.78 is 1.50. The van der Waals surface area contributed by atoms with Crippen LogP contribution in [0.1, 0.15) is 39.8 Å². The summed E-state index contributed by atoms with van der Waals surface area (Å²) in [4.78, 5) is 50.3. The van der Waals surface area contributed by atoms with E-state index in [0.29, 0.717) is 34.5 Å². The minimum atomic E-state index is -1.21. The van der Waals surface area contributed by atoms with Crippen LogP contribution in [0.3, 0.4) is 0 Å². The quantitative estimate of drug-likeness (QED) is 0.216. The molecule has 4 aromatic carbocycles. The Hall–Kier alpha value is -4.79. The second kappa shape index (κ2) is 13.9. The molecule has 0 radical (unpaired) electrons. The molecule has 2 N–H and O–H groups in total. The van der Waals surface area contributed by atoms with E-state index in [1.54, 1.807) is 44.4 Å². The number of fused-ring (bicyclic) bond motifs is 1. The van der Waals surface area contributed by atoms with Crippen LogP contribution in [0, 0.1) is 6.92 Å². The number of carbonyl (C=O) groups excluding carboxylic acids is 2. The number of benzene rings is 4. The topological polar surface area (TPSA) is 102 Å². The monoisotopic (exact) mass is 621 g/mol. The lowest BCUT2D eigenvalue weighted by atomic mass is 10.0. The second-order valence-electron chi connectivity index (χ2n) is 11.2. The molecule has 0 bridgehead atoms. The number of hydrogen-bond acceptors (Lipinski definition) is 5. The number of carbonyl (C=O) groups is 2. The van der Waals surface area contributed by atoms with Gasteiger partial charge in [0.2, 0.25) is 0 Å². The number of nitrogens with zero attached hydrogens (tertiary/aromatic N) is 4. The zero-order chi connectivity index (χ0) is 32.1. The standard InChI is InChI=1S/C36H36ClN5O3/c1-24-13-15-27(16-14-24)34(43)41(20-8-19-38)32(36(45)40(2)3)33-39-31-22-29(37)17-18-30(31)35(44)42(33)23-25-9-7-12-28(21-25)26-10-5-4-6-11-26/h4-7,9-18,21-22,32H,8,19-20,23,38H2,1-3H3. The SMILES string of the molecule is Cc1ccc(C(=O)N(CCCN)C(C(=O)N(C)C)c2nc3cc(Cl)ccc3c(=O)n2Cc2cccc(-c3ccccc3)c2)cc1. The number of rotatable bonds is 10. The summed E-state index contributed by atoms with van der Waals surface area (Å²) >= 11 is 6.33. The maximum absolute atomic E-state index is 14.3. The molecule has 1 atom stereocenters. The van der Waals surface area contributed by atoms with Crippen molar-refractivity contribution in [3.05, 3.63) is 135 Å². The van der Waals surface area contributed by atoms with E-state index < -0.39 is 11.9 Å². The molecule has 9 heteroatoms. The van der Waals surface area contributed by atoms with Crippen molar-refractivity contribution in [2.45, 2.75) is 25.9 Å². The summed E-state index contributed by atoms with van der Waals surface area (Å²) in [6.07, 6.45) is 0.442. The molecule has 8 nitrogen and oxygen atoms in total. The molecule has 2 amide bonds. The molecule has 1 heterocycles. The van der Waals surface area contributed by atoms with Crippen LogP contribution in [0.4, 0.5) is 0 Å². The van der Waals surface area contributed by atoms with Gasteiger partial charge in [0, 0.05) is 31.2 Å². The number of aromatic nitrogens is 2. The van der Waals surface area contributed by atoms with Crippen molar-refractivity contribution in [2.75, 3.05) is 27.2 Å². The molecule has 5 rings (SSSR count). The molecule has 0 fully saturated rings. The van der Waals surface area contributed by atoms with Crippen molar-refractivity contribution >= 4 is 34.3 Å². The Labute approximate surface area is 267 Å². The summed E-state index contributed by atoms with van der Waals surface area (Å²) in [5.74, 6) is -0.606. The van der Waals surface area contributed by atoms with Gasteiger partial charge in [-0.3, -0.25) is 19.0 Å². The van der Waals surface area contributed by atoms with Gasteiger partial charge in [-0.2, -0.15) is 0 Å². The van der Waals surface area contributed by atoms with E-state index in [0.717, 1.165) is 22.3 Å². The Bertz CT molecular complexity index is 1890. The fourth-order valence-electron chi connectivity index (χ4n) is 5.33. The normalized spacial score (nSPS) is 11.8. The molecule has 0 saturated heterocycles. The fraction of sp³-hybridized carbons (Fsp3) is 0.222. The minimum absolute atomic E-state index is 0.126. The minimum Gasteiger partial charge on any atom is -0.347 e. The molecular weight excluding hydrogens is 586 g/mol. The highest BCUT2D eigenvalue weighted by Gasteiger charge is 2.36. The van der Waals surface area contributed by atoms with Crippen molar-refractivity contribution in [3.8, 4) is 11.1 Å². The zero-order valence-electron chi connectivity index (χ0n) is 25.6. The molecule has 0 saturated carbocycles. The number of aryl methyl sites for hydroxylation is 1. The van der Waals surface area contributed by atoms with Crippen LogP contribution in [-0.4, -0.2) is 58.4 Å². The highest BCUT2D eigenvalue weighted by molar-refractivity contribution is 6.31. The summed E-state index contributed by atoms with van der Waals surface area (Å²) in [6, 6.07) is 28.7. The summed E-state index contributed by atoms with van der Waals surface area (Å²) in [6.45, 7) is 2.55. The van der Waals surface area contributed by atoms with E-state index >= 15 is 0 Å². The summed E-state index contributed by atoms with van der Waals surface area (Å²) in [5.41, 5.74) is 10.2. The Morgan fingerprint density at radius 3 is 2.31 bits per heavy atom. The maximum Gasteiger partial charge on any atom is 0.261 e. The van der Waals surface area contributed by atoms with Crippen molar-refractivity contribution < 1.29 is 9.59 Å². The molecule has 230 valence electrons. The molecule has 0 spiro atoms. The number of hydrogen-bond donors (Lipinski definition) is 1. The molecule has 0 aliphatic heterocycles. The van der Waals surface area contributed by atoms with E-state index in [2.05, 4.69) is 0 Å². The summed E-state index contributed by atoms with van der Waals surface area (Å²) in [7, 11) is 3.24. The first-order valence-electron chi connectivity index (χ1n) is 14.8. The molecule has 5 aromatic rings. The Kier molecular flexibility index (Phi) is 9.76. The van der Waals surface area contributed by atoms with Gasteiger partial charge in [0.1, 0.15) is 5.82 Å². The van der Waals surface area contributed by atoms with Crippen LogP contribution in [0.2, 0.25) is 5.02 Å². The van der Waals surface area contributed by atoms with Gasteiger partial charge in [0.05, 0.1) is 17.4 Å². The van der Waals surface area contributed by atoms with Crippen molar-refractivity contribution in [2.24, 2.45) is 5.73 Å². The first-order valence-corrected chi connectivity index (χ1v) is 15.2. The largest absolute Gasteiger partial charge is 0.347 e. The first-order chi connectivity index (χ1) is 21.7. The third kappa shape index (κ3) is 6.98. The Balaban J connectivity index is 1.73. The highest BCUT2D eigenvalue weighted by Crippen LogP contribution is 2.28. The van der Waals surface area contributed by atoms with Gasteiger partial charge in [-0.15, -0.1) is 0 Å². The van der Waals surface area contributed by atoms with E-state index in [4.69, 9.17) is 22.3 Å². The first kappa shape index (κ1) is 31.6. The maximum atomic E-state index is 14.3. The van der Waals surface area contributed by atoms with Crippen molar-refractivity contribution in [1.29, 1.82) is 0 Å². The molecule has 0 aliphatic carbocycles. The number of halogens is 1. The molecule has 1 aromatic heterocycles. The van der Waals surface area contributed by atoms with Crippen LogP contribution in [0.5, 0.6) is 0 Å². The van der Waals surface area contributed by atoms with Gasteiger partial charge in [-0.1, -0.05) is 77.8 Å². The van der Waals surface area contributed by atoms with Gasteiger partial charge in [-0.05, 0) is 73.0 Å². The zero-order valence-corrected chi connectivity index (χ0v) is 26.4. The van der Waals surface area contributed by atoms with Gasteiger partial charge in [-0.25, -0.2) is 4.98 Å². The highest BCUT2D eigenvalue weighted by atomic mass is 35.5. The van der Waals surface area contributed by atoms with E-state index in [1.807, 2.05) is 73.7 Å². The van der Waals surface area contributed by atoms with Crippen LogP contribution in [0.15, 0.2) is 102 Å². The Morgan fingerprint density at radius 1 is 0.911 bits per heavy atom.